The first kappa shape index (κ1) is 18.9. The number of carbonyl (C=O) groups is 2. The number of hydrogen-bond donors (Lipinski definition) is 2. The lowest BCUT2D eigenvalue weighted by molar-refractivity contribution is -0.137. The van der Waals surface area contributed by atoms with Crippen molar-refractivity contribution in [1.29, 1.82) is 0 Å². The van der Waals surface area contributed by atoms with Crippen molar-refractivity contribution >= 4 is 23.2 Å². The highest BCUT2D eigenvalue weighted by Gasteiger charge is 2.30. The molecule has 1 heterocycles. The van der Waals surface area contributed by atoms with Gasteiger partial charge in [0.25, 0.3) is 5.91 Å². The zero-order chi connectivity index (χ0) is 18.8. The number of carbonyl (C=O) groups excluding carboxylic acids is 2. The SMILES string of the molecule is CC(C)[C@H](NC(=O)c1csc(-c2cccc(C(F)(F)F)c2)n1)C(N)=O. The molecule has 0 bridgehead atoms. The lowest BCUT2D eigenvalue weighted by Gasteiger charge is -2.18. The van der Waals surface area contributed by atoms with Crippen LogP contribution in [0.4, 0.5) is 13.2 Å². The molecule has 0 radical (unpaired) electrons. The highest BCUT2D eigenvalue weighted by atomic mass is 32.1. The minimum absolute atomic E-state index is 0.0179. The molecule has 134 valence electrons. The van der Waals surface area contributed by atoms with Gasteiger partial charge in [-0.15, -0.1) is 11.3 Å². The van der Waals surface area contributed by atoms with E-state index in [4.69, 9.17) is 5.73 Å². The van der Waals surface area contributed by atoms with Gasteiger partial charge >= 0.3 is 6.18 Å². The van der Waals surface area contributed by atoms with Crippen LogP contribution in [0.2, 0.25) is 0 Å². The number of hydrogen-bond acceptors (Lipinski definition) is 4. The Labute approximate surface area is 146 Å². The minimum Gasteiger partial charge on any atom is -0.368 e. The second-order valence-electron chi connectivity index (χ2n) is 5.71. The molecule has 2 rings (SSSR count). The van der Waals surface area contributed by atoms with Crippen LogP contribution in [0.3, 0.4) is 0 Å². The molecule has 0 saturated carbocycles. The first-order valence-electron chi connectivity index (χ1n) is 7.33. The number of alkyl halides is 3. The smallest absolute Gasteiger partial charge is 0.368 e. The number of primary amides is 1. The molecular weight excluding hydrogens is 355 g/mol. The summed E-state index contributed by atoms with van der Waals surface area (Å²) in [4.78, 5) is 27.6. The zero-order valence-corrected chi connectivity index (χ0v) is 14.2. The Balaban J connectivity index is 2.23. The molecule has 1 aromatic heterocycles. The Hall–Kier alpha value is -2.42. The van der Waals surface area contributed by atoms with Gasteiger partial charge in [0.15, 0.2) is 0 Å². The first-order valence-corrected chi connectivity index (χ1v) is 8.21. The van der Waals surface area contributed by atoms with E-state index in [0.29, 0.717) is 0 Å². The largest absolute Gasteiger partial charge is 0.416 e. The van der Waals surface area contributed by atoms with Gasteiger partial charge in [-0.05, 0) is 18.1 Å². The maximum atomic E-state index is 12.8. The van der Waals surface area contributed by atoms with Crippen LogP contribution in [0.15, 0.2) is 29.6 Å². The van der Waals surface area contributed by atoms with Crippen LogP contribution in [-0.4, -0.2) is 22.8 Å². The number of benzene rings is 1. The lowest BCUT2D eigenvalue weighted by Crippen LogP contribution is -2.47. The predicted octanol–water partition coefficient (Wildman–Crippen LogP) is 3.07. The highest BCUT2D eigenvalue weighted by Crippen LogP contribution is 2.33. The van der Waals surface area contributed by atoms with E-state index in [1.807, 2.05) is 0 Å². The van der Waals surface area contributed by atoms with Gasteiger partial charge in [0, 0.05) is 10.9 Å². The van der Waals surface area contributed by atoms with Crippen LogP contribution in [0, 0.1) is 5.92 Å². The summed E-state index contributed by atoms with van der Waals surface area (Å²) >= 11 is 1.04. The molecule has 0 aliphatic heterocycles. The fraction of sp³-hybridized carbons (Fsp3) is 0.312. The van der Waals surface area contributed by atoms with Gasteiger partial charge in [-0.3, -0.25) is 9.59 Å². The number of thiazole rings is 1. The predicted molar refractivity (Wildman–Crippen MR) is 87.8 cm³/mol. The third kappa shape index (κ3) is 4.56. The molecule has 3 N–H and O–H groups in total. The Morgan fingerprint density at radius 1 is 1.28 bits per heavy atom. The van der Waals surface area contributed by atoms with Gasteiger partial charge in [0.1, 0.15) is 16.7 Å². The van der Waals surface area contributed by atoms with Crippen molar-refractivity contribution < 1.29 is 22.8 Å². The molecule has 0 aliphatic rings. The van der Waals surface area contributed by atoms with Crippen LogP contribution in [0.1, 0.15) is 29.9 Å². The second-order valence-corrected chi connectivity index (χ2v) is 6.57. The molecular formula is C16H16F3N3O2S. The van der Waals surface area contributed by atoms with Gasteiger partial charge in [0.2, 0.25) is 5.91 Å². The Morgan fingerprint density at radius 3 is 2.52 bits per heavy atom. The molecule has 0 spiro atoms. The minimum atomic E-state index is -4.46. The molecule has 0 fully saturated rings. The van der Waals surface area contributed by atoms with E-state index in [2.05, 4.69) is 10.3 Å². The molecule has 1 atom stereocenters. The molecule has 9 heteroatoms. The van der Waals surface area contributed by atoms with Gasteiger partial charge in [-0.2, -0.15) is 13.2 Å². The molecule has 5 nitrogen and oxygen atoms in total. The van der Waals surface area contributed by atoms with Crippen molar-refractivity contribution in [2.75, 3.05) is 0 Å². The summed E-state index contributed by atoms with van der Waals surface area (Å²) in [6.45, 7) is 3.45. The van der Waals surface area contributed by atoms with E-state index in [1.165, 1.54) is 17.5 Å². The van der Waals surface area contributed by atoms with Gasteiger partial charge in [-0.1, -0.05) is 26.0 Å². The number of nitrogens with zero attached hydrogens (tertiary/aromatic N) is 1. The van der Waals surface area contributed by atoms with Gasteiger partial charge in [0.05, 0.1) is 5.56 Å². The monoisotopic (exact) mass is 371 g/mol. The molecule has 0 aliphatic carbocycles. The molecule has 2 amide bonds. The van der Waals surface area contributed by atoms with Crippen molar-refractivity contribution in [3.8, 4) is 10.6 Å². The Morgan fingerprint density at radius 2 is 1.96 bits per heavy atom. The van der Waals surface area contributed by atoms with E-state index < -0.39 is 29.6 Å². The van der Waals surface area contributed by atoms with Gasteiger partial charge in [-0.25, -0.2) is 4.98 Å². The molecule has 2 aromatic rings. The number of rotatable bonds is 5. The maximum absolute atomic E-state index is 12.8. The third-order valence-electron chi connectivity index (χ3n) is 3.43. The average Bonchev–Trinajstić information content (AvgIpc) is 3.01. The van der Waals surface area contributed by atoms with Crippen molar-refractivity contribution in [1.82, 2.24) is 10.3 Å². The number of nitrogens with two attached hydrogens (primary N) is 1. The van der Waals surface area contributed by atoms with Crippen LogP contribution < -0.4 is 11.1 Å². The summed E-state index contributed by atoms with van der Waals surface area (Å²) in [5.74, 6) is -1.48. The van der Waals surface area contributed by atoms with Crippen LogP contribution in [0.25, 0.3) is 10.6 Å². The normalized spacial score (nSPS) is 12.9. The van der Waals surface area contributed by atoms with Gasteiger partial charge < -0.3 is 11.1 Å². The Kier molecular flexibility index (Phi) is 5.46. The molecule has 25 heavy (non-hydrogen) atoms. The van der Waals surface area contributed by atoms with Crippen LogP contribution in [0.5, 0.6) is 0 Å². The van der Waals surface area contributed by atoms with Crippen molar-refractivity contribution in [3.05, 3.63) is 40.9 Å². The van der Waals surface area contributed by atoms with Crippen LogP contribution >= 0.6 is 11.3 Å². The maximum Gasteiger partial charge on any atom is 0.416 e. The van der Waals surface area contributed by atoms with E-state index >= 15 is 0 Å². The average molecular weight is 371 g/mol. The Bertz CT molecular complexity index is 787. The molecule has 0 saturated heterocycles. The van der Waals surface area contributed by atoms with Crippen LogP contribution in [-0.2, 0) is 11.0 Å². The number of halogens is 3. The summed E-state index contributed by atoms with van der Waals surface area (Å²) in [6.07, 6.45) is -4.46. The summed E-state index contributed by atoms with van der Waals surface area (Å²) in [7, 11) is 0. The van der Waals surface area contributed by atoms with Crippen molar-refractivity contribution in [2.24, 2.45) is 11.7 Å². The zero-order valence-electron chi connectivity index (χ0n) is 13.4. The lowest BCUT2D eigenvalue weighted by atomic mass is 10.0. The fourth-order valence-electron chi connectivity index (χ4n) is 2.12. The highest BCUT2D eigenvalue weighted by molar-refractivity contribution is 7.13. The van der Waals surface area contributed by atoms with Crippen molar-refractivity contribution in [3.63, 3.8) is 0 Å². The quantitative estimate of drug-likeness (QED) is 0.847. The number of aromatic nitrogens is 1. The van der Waals surface area contributed by atoms with E-state index in [0.717, 1.165) is 23.5 Å². The third-order valence-corrected chi connectivity index (χ3v) is 4.32. The second kappa shape index (κ2) is 7.22. The number of nitrogens with one attached hydrogen (secondary N) is 1. The fourth-order valence-corrected chi connectivity index (χ4v) is 2.92. The topological polar surface area (TPSA) is 85.1 Å². The number of amides is 2. The van der Waals surface area contributed by atoms with E-state index in [1.54, 1.807) is 13.8 Å². The van der Waals surface area contributed by atoms with Crippen molar-refractivity contribution in [2.45, 2.75) is 26.1 Å². The summed E-state index contributed by atoms with van der Waals surface area (Å²) in [6, 6.07) is 3.84. The summed E-state index contributed by atoms with van der Waals surface area (Å²) in [5.41, 5.74) is 4.72. The standard InChI is InChI=1S/C16H16F3N3O2S/c1-8(2)12(13(20)23)22-14(24)11-7-25-15(21-11)9-4-3-5-10(6-9)16(17,18)19/h3-8,12H,1-2H3,(H2,20,23)(H,22,24)/t12-/m0/s1. The summed E-state index contributed by atoms with van der Waals surface area (Å²) in [5, 5.41) is 4.18. The molecule has 1 aromatic carbocycles. The first-order chi connectivity index (χ1) is 11.6. The summed E-state index contributed by atoms with van der Waals surface area (Å²) < 4.78 is 38.4. The van der Waals surface area contributed by atoms with E-state index in [-0.39, 0.29) is 22.2 Å². The molecule has 0 unspecified atom stereocenters. The van der Waals surface area contributed by atoms with E-state index in [9.17, 15) is 22.8 Å².